The molecule has 1 aromatic carbocycles. The van der Waals surface area contributed by atoms with E-state index in [1.807, 2.05) is 24.4 Å². The molecule has 2 atom stereocenters. The highest BCUT2D eigenvalue weighted by Crippen LogP contribution is 2.53. The molecule has 2 fully saturated rings. The Morgan fingerprint density at radius 2 is 1.96 bits per heavy atom. The van der Waals surface area contributed by atoms with Gasteiger partial charge in [0.1, 0.15) is 5.60 Å². The van der Waals surface area contributed by atoms with Gasteiger partial charge in [0.15, 0.2) is 0 Å². The smallest absolute Gasteiger partial charge is 0.240 e. The third-order valence-corrected chi connectivity index (χ3v) is 7.78. The molecule has 1 saturated carbocycles. The minimum Gasteiger partial charge on any atom is -0.373 e. The lowest BCUT2D eigenvalue weighted by Gasteiger charge is -2.47. The molecule has 0 radical (unpaired) electrons. The second-order valence-electron chi connectivity index (χ2n) is 7.76. The van der Waals surface area contributed by atoms with Crippen LogP contribution in [0.15, 0.2) is 53.7 Å². The van der Waals surface area contributed by atoms with Gasteiger partial charge < -0.3 is 4.74 Å². The Balaban J connectivity index is 1.63. The van der Waals surface area contributed by atoms with Gasteiger partial charge in [-0.05, 0) is 49.2 Å². The van der Waals surface area contributed by atoms with Crippen LogP contribution in [-0.4, -0.2) is 45.5 Å². The summed E-state index contributed by atoms with van der Waals surface area (Å²) < 4.78 is 33.2. The van der Waals surface area contributed by atoms with Crippen molar-refractivity contribution in [2.45, 2.75) is 29.9 Å². The number of sulfonamides is 1. The zero-order valence-electron chi connectivity index (χ0n) is 16.3. The van der Waals surface area contributed by atoms with Crippen LogP contribution in [0.1, 0.15) is 24.0 Å². The Morgan fingerprint density at radius 3 is 2.57 bits per heavy atom. The molecule has 7 heteroatoms. The summed E-state index contributed by atoms with van der Waals surface area (Å²) in [7, 11) is -0.279. The van der Waals surface area contributed by atoms with Crippen LogP contribution >= 0.6 is 0 Å². The number of benzene rings is 1. The number of nitrogens with zero attached hydrogens (tertiary/aromatic N) is 2. The van der Waals surface area contributed by atoms with Crippen molar-refractivity contribution in [1.82, 2.24) is 14.6 Å². The van der Waals surface area contributed by atoms with Crippen molar-refractivity contribution in [2.75, 3.05) is 27.2 Å². The van der Waals surface area contributed by atoms with Crippen molar-refractivity contribution in [3.8, 4) is 0 Å². The number of methoxy groups -OCH3 is 1. The number of fused-ring (bicyclic) bond motifs is 2. The molecule has 2 bridgehead atoms. The highest BCUT2D eigenvalue weighted by atomic mass is 32.2. The van der Waals surface area contributed by atoms with E-state index in [9.17, 15) is 8.42 Å². The fourth-order valence-electron chi connectivity index (χ4n) is 5.14. The normalized spacial score (nSPS) is 27.8. The second kappa shape index (κ2) is 7.55. The second-order valence-corrected chi connectivity index (χ2v) is 9.65. The van der Waals surface area contributed by atoms with E-state index in [4.69, 9.17) is 4.74 Å². The first-order chi connectivity index (χ1) is 13.5. The Labute approximate surface area is 167 Å². The largest absolute Gasteiger partial charge is 0.373 e. The van der Waals surface area contributed by atoms with Crippen LogP contribution in [0.2, 0.25) is 0 Å². The zero-order valence-corrected chi connectivity index (χ0v) is 17.2. The first kappa shape index (κ1) is 19.5. The molecule has 1 N–H and O–H groups in total. The maximum atomic E-state index is 12.3. The summed E-state index contributed by atoms with van der Waals surface area (Å²) in [5, 5.41) is 0. The van der Waals surface area contributed by atoms with E-state index in [1.165, 1.54) is 12.6 Å². The lowest BCUT2D eigenvalue weighted by atomic mass is 9.75. The number of pyridine rings is 1. The van der Waals surface area contributed by atoms with Crippen molar-refractivity contribution in [3.63, 3.8) is 0 Å². The van der Waals surface area contributed by atoms with Gasteiger partial charge in [0.05, 0.1) is 4.90 Å². The van der Waals surface area contributed by atoms with E-state index >= 15 is 0 Å². The first-order valence-corrected chi connectivity index (χ1v) is 11.2. The maximum absolute atomic E-state index is 12.3. The molecular formula is C21H27N3O3S. The molecule has 4 rings (SSSR count). The first-order valence-electron chi connectivity index (χ1n) is 9.70. The minimum absolute atomic E-state index is 0.293. The van der Waals surface area contributed by atoms with Crippen molar-refractivity contribution < 1.29 is 13.2 Å². The van der Waals surface area contributed by atoms with E-state index in [-0.39, 0.29) is 0 Å². The van der Waals surface area contributed by atoms with Crippen molar-refractivity contribution in [3.05, 3.63) is 59.9 Å². The molecule has 28 heavy (non-hydrogen) atoms. The van der Waals surface area contributed by atoms with Gasteiger partial charge in [-0.2, -0.15) is 0 Å². The summed E-state index contributed by atoms with van der Waals surface area (Å²) >= 11 is 0. The fourth-order valence-corrected chi connectivity index (χ4v) is 5.92. The monoisotopic (exact) mass is 401 g/mol. The topological polar surface area (TPSA) is 71.5 Å². The number of ether oxygens (including phenoxy) is 1. The molecule has 1 saturated heterocycles. The van der Waals surface area contributed by atoms with E-state index in [1.54, 1.807) is 25.4 Å². The third-order valence-electron chi connectivity index (χ3n) is 6.36. The Kier molecular flexibility index (Phi) is 5.26. The van der Waals surface area contributed by atoms with E-state index in [2.05, 4.69) is 20.7 Å². The van der Waals surface area contributed by atoms with Gasteiger partial charge in [-0.15, -0.1) is 0 Å². The van der Waals surface area contributed by atoms with Gasteiger partial charge in [0.2, 0.25) is 10.0 Å². The lowest BCUT2D eigenvalue weighted by Crippen LogP contribution is -2.52. The van der Waals surface area contributed by atoms with Gasteiger partial charge in [0, 0.05) is 51.0 Å². The number of aromatic nitrogens is 1. The lowest BCUT2D eigenvalue weighted by molar-refractivity contribution is -0.120. The van der Waals surface area contributed by atoms with Crippen LogP contribution in [0.4, 0.5) is 0 Å². The predicted octanol–water partition coefficient (Wildman–Crippen LogP) is 2.37. The zero-order chi connectivity index (χ0) is 19.8. The molecule has 0 spiro atoms. The van der Waals surface area contributed by atoms with Gasteiger partial charge in [0.25, 0.3) is 0 Å². The third kappa shape index (κ3) is 3.26. The number of likely N-dealkylation sites (tertiary alicyclic amines) is 1. The number of piperidine rings is 1. The number of hydrogen-bond acceptors (Lipinski definition) is 5. The molecule has 1 aliphatic heterocycles. The van der Waals surface area contributed by atoms with Crippen molar-refractivity contribution in [2.24, 2.45) is 11.8 Å². The van der Waals surface area contributed by atoms with Gasteiger partial charge in [-0.1, -0.05) is 18.2 Å². The summed E-state index contributed by atoms with van der Waals surface area (Å²) in [5.74, 6) is 0.668. The molecule has 2 unspecified atom stereocenters. The van der Waals surface area contributed by atoms with Crippen LogP contribution in [0.5, 0.6) is 0 Å². The number of rotatable bonds is 6. The minimum atomic E-state index is -3.48. The SMILES string of the molecule is CNS(=O)(=O)c1cccc(C2(OC)C3CCC2CN(Cc2cccnc2)C3)c1. The summed E-state index contributed by atoms with van der Waals surface area (Å²) in [6.45, 7) is 2.75. The quantitative estimate of drug-likeness (QED) is 0.805. The van der Waals surface area contributed by atoms with Gasteiger partial charge in [-0.3, -0.25) is 9.88 Å². The van der Waals surface area contributed by atoms with Crippen LogP contribution < -0.4 is 4.72 Å². The van der Waals surface area contributed by atoms with Crippen LogP contribution in [0.25, 0.3) is 0 Å². The van der Waals surface area contributed by atoms with Gasteiger partial charge >= 0.3 is 0 Å². The highest BCUT2D eigenvalue weighted by molar-refractivity contribution is 7.89. The van der Waals surface area contributed by atoms with Crippen LogP contribution in [-0.2, 0) is 26.9 Å². The fraction of sp³-hybridized carbons (Fsp3) is 0.476. The van der Waals surface area contributed by atoms with Crippen molar-refractivity contribution in [1.29, 1.82) is 0 Å². The standard InChI is InChI=1S/C21H27N3O3S/c1-22-28(25,26)20-7-3-6-17(11-20)21(27-2)18-8-9-19(21)15-24(14-18)13-16-5-4-10-23-12-16/h3-7,10-12,18-19,22H,8-9,13-15H2,1-2H3. The molecule has 1 aromatic heterocycles. The predicted molar refractivity (Wildman–Crippen MR) is 107 cm³/mol. The molecule has 150 valence electrons. The van der Waals surface area contributed by atoms with E-state index in [0.717, 1.165) is 38.0 Å². The summed E-state index contributed by atoms with van der Waals surface area (Å²) in [4.78, 5) is 6.99. The maximum Gasteiger partial charge on any atom is 0.240 e. The average Bonchev–Trinajstić information content (AvgIpc) is 2.92. The summed E-state index contributed by atoms with van der Waals surface area (Å²) in [6, 6.07) is 11.3. The molecule has 2 aliphatic rings. The molecule has 6 nitrogen and oxygen atoms in total. The molecule has 2 heterocycles. The Bertz CT molecular complexity index is 919. The Hall–Kier alpha value is -1.80. The van der Waals surface area contributed by atoms with E-state index in [0.29, 0.717) is 16.7 Å². The van der Waals surface area contributed by atoms with E-state index < -0.39 is 15.6 Å². The molecule has 1 aliphatic carbocycles. The number of nitrogens with one attached hydrogen (secondary N) is 1. The van der Waals surface area contributed by atoms with Crippen LogP contribution in [0, 0.1) is 11.8 Å². The highest BCUT2D eigenvalue weighted by Gasteiger charge is 2.55. The Morgan fingerprint density at radius 1 is 1.21 bits per heavy atom. The molecular weight excluding hydrogens is 374 g/mol. The average molecular weight is 402 g/mol. The molecule has 2 aromatic rings. The molecule has 0 amide bonds. The summed E-state index contributed by atoms with van der Waals surface area (Å²) in [6.07, 6.45) is 5.90. The van der Waals surface area contributed by atoms with Crippen LogP contribution in [0.3, 0.4) is 0 Å². The summed E-state index contributed by atoms with van der Waals surface area (Å²) in [5.41, 5.74) is 1.76. The van der Waals surface area contributed by atoms with Gasteiger partial charge in [-0.25, -0.2) is 13.1 Å². The van der Waals surface area contributed by atoms with Crippen molar-refractivity contribution >= 4 is 10.0 Å². The number of hydrogen-bond donors (Lipinski definition) is 1.